The molecule has 0 unspecified atom stereocenters. The Bertz CT molecular complexity index is 1230. The third-order valence-electron chi connectivity index (χ3n) is 5.58. The van der Waals surface area contributed by atoms with E-state index in [4.69, 9.17) is 23.2 Å². The lowest BCUT2D eigenvalue weighted by atomic mass is 10.1. The van der Waals surface area contributed by atoms with Gasteiger partial charge in [0.15, 0.2) is 0 Å². The number of amides is 2. The molecule has 0 bridgehead atoms. The third kappa shape index (κ3) is 8.51. The van der Waals surface area contributed by atoms with Gasteiger partial charge in [0.05, 0.1) is 27.6 Å². The highest BCUT2D eigenvalue weighted by Crippen LogP contribution is 2.32. The molecule has 0 heterocycles. The fourth-order valence-corrected chi connectivity index (χ4v) is 5.04. The monoisotopic (exact) mass is 581 g/mol. The van der Waals surface area contributed by atoms with E-state index < -0.39 is 33.7 Å². The molecule has 0 spiro atoms. The van der Waals surface area contributed by atoms with Crippen LogP contribution in [-0.4, -0.2) is 51.0 Å². The molecule has 13 heteroatoms. The summed E-state index contributed by atoms with van der Waals surface area (Å²) in [5.41, 5.74) is -0.514. The summed E-state index contributed by atoms with van der Waals surface area (Å²) in [6, 6.07) is 7.99. The van der Waals surface area contributed by atoms with Gasteiger partial charge in [0, 0.05) is 26.6 Å². The second-order valence-corrected chi connectivity index (χ2v) is 11.0. The van der Waals surface area contributed by atoms with Crippen molar-refractivity contribution in [2.75, 3.05) is 24.2 Å². The summed E-state index contributed by atoms with van der Waals surface area (Å²) in [6.07, 6.45) is -3.60. The van der Waals surface area contributed by atoms with Gasteiger partial charge in [-0.05, 0) is 48.7 Å². The first kappa shape index (κ1) is 30.7. The molecule has 0 radical (unpaired) electrons. The Kier molecular flexibility index (Phi) is 10.7. The number of hydrogen-bond donors (Lipinski definition) is 1. The van der Waals surface area contributed by atoms with Crippen LogP contribution in [0, 0.1) is 0 Å². The van der Waals surface area contributed by atoms with Gasteiger partial charge >= 0.3 is 6.18 Å². The lowest BCUT2D eigenvalue weighted by molar-refractivity contribution is -0.141. The van der Waals surface area contributed by atoms with Gasteiger partial charge in [0.1, 0.15) is 6.04 Å². The Labute approximate surface area is 224 Å². The molecule has 1 atom stereocenters. The first-order valence-electron chi connectivity index (χ1n) is 11.3. The molecule has 0 aromatic heterocycles. The lowest BCUT2D eigenvalue weighted by Crippen LogP contribution is -2.48. The summed E-state index contributed by atoms with van der Waals surface area (Å²) in [7, 11) is -2.49. The molecular weight excluding hydrogens is 554 g/mol. The number of likely N-dealkylation sites (N-methyl/N-ethyl adjacent to an activating group) is 1. The number of benzene rings is 2. The van der Waals surface area contributed by atoms with Crippen LogP contribution in [0.25, 0.3) is 0 Å². The van der Waals surface area contributed by atoms with Crippen LogP contribution in [-0.2, 0) is 32.3 Å². The zero-order chi connectivity index (χ0) is 28.0. The van der Waals surface area contributed by atoms with Crippen molar-refractivity contribution in [1.29, 1.82) is 0 Å². The van der Waals surface area contributed by atoms with E-state index >= 15 is 0 Å². The third-order valence-corrected chi connectivity index (χ3v) is 7.52. The Morgan fingerprint density at radius 1 is 1.08 bits per heavy atom. The van der Waals surface area contributed by atoms with Crippen LogP contribution in [0.1, 0.15) is 37.3 Å². The molecule has 0 fully saturated rings. The zero-order valence-electron chi connectivity index (χ0n) is 20.5. The number of carbonyl (C=O) groups excluding carboxylic acids is 2. The molecule has 2 aromatic rings. The van der Waals surface area contributed by atoms with Crippen LogP contribution in [0.5, 0.6) is 0 Å². The highest BCUT2D eigenvalue weighted by Gasteiger charge is 2.32. The number of anilines is 1. The van der Waals surface area contributed by atoms with Crippen molar-refractivity contribution in [2.45, 2.75) is 44.9 Å². The summed E-state index contributed by atoms with van der Waals surface area (Å²) >= 11 is 12.1. The molecule has 2 aromatic carbocycles. The predicted molar refractivity (Wildman–Crippen MR) is 138 cm³/mol. The fourth-order valence-electron chi connectivity index (χ4n) is 3.76. The summed E-state index contributed by atoms with van der Waals surface area (Å²) in [5, 5.41) is 3.14. The fraction of sp³-hybridized carbons (Fsp3) is 0.417. The van der Waals surface area contributed by atoms with Crippen LogP contribution in [0.15, 0.2) is 42.5 Å². The number of halogens is 5. The number of nitrogens with zero attached hydrogens (tertiary/aromatic N) is 2. The Morgan fingerprint density at radius 3 is 2.30 bits per heavy atom. The number of rotatable bonds is 11. The summed E-state index contributed by atoms with van der Waals surface area (Å²) in [6.45, 7) is 1.56. The van der Waals surface area contributed by atoms with E-state index in [0.717, 1.165) is 28.8 Å². The number of sulfonamides is 1. The van der Waals surface area contributed by atoms with Crippen molar-refractivity contribution in [3.8, 4) is 0 Å². The van der Waals surface area contributed by atoms with Crippen LogP contribution in [0.2, 0.25) is 10.0 Å². The maximum Gasteiger partial charge on any atom is 0.416 e. The van der Waals surface area contributed by atoms with Gasteiger partial charge in [-0.3, -0.25) is 13.9 Å². The van der Waals surface area contributed by atoms with Gasteiger partial charge < -0.3 is 10.2 Å². The number of alkyl halides is 3. The van der Waals surface area contributed by atoms with Gasteiger partial charge in [0.25, 0.3) is 0 Å². The summed E-state index contributed by atoms with van der Waals surface area (Å²) < 4.78 is 65.0. The Balaban J connectivity index is 2.25. The molecule has 0 aliphatic carbocycles. The standard InChI is InChI=1S/C24H28Cl2F3N3O4S/c1-4-21(23(34)30-2)31(15-16-10-11-19(25)20(26)13-16)22(33)9-6-12-32(37(3,35)36)18-8-5-7-17(14-18)24(27,28)29/h5,7-8,10-11,13-14,21H,4,6,9,12,15H2,1-3H3,(H,30,34)/t21-/m0/s1. The number of hydrogen-bond acceptors (Lipinski definition) is 4. The van der Waals surface area contributed by atoms with Crippen molar-refractivity contribution in [3.05, 3.63) is 63.6 Å². The summed E-state index contributed by atoms with van der Waals surface area (Å²) in [5.74, 6) is -0.809. The minimum absolute atomic E-state index is 0.00417. The molecule has 1 N–H and O–H groups in total. The average Bonchev–Trinajstić information content (AvgIpc) is 2.82. The normalized spacial score (nSPS) is 12.6. The van der Waals surface area contributed by atoms with E-state index in [1.165, 1.54) is 18.0 Å². The molecule has 0 saturated heterocycles. The van der Waals surface area contributed by atoms with E-state index in [1.54, 1.807) is 25.1 Å². The summed E-state index contributed by atoms with van der Waals surface area (Å²) in [4.78, 5) is 27.1. The van der Waals surface area contributed by atoms with Crippen molar-refractivity contribution >= 4 is 50.7 Å². The number of carbonyl (C=O) groups is 2. The maximum atomic E-state index is 13.2. The quantitative estimate of drug-likeness (QED) is 0.399. The molecule has 0 saturated carbocycles. The van der Waals surface area contributed by atoms with E-state index in [9.17, 15) is 31.2 Å². The second kappa shape index (κ2) is 12.8. The van der Waals surface area contributed by atoms with Gasteiger partial charge in [-0.2, -0.15) is 13.2 Å². The van der Waals surface area contributed by atoms with Crippen LogP contribution in [0.3, 0.4) is 0 Å². The Morgan fingerprint density at radius 2 is 1.76 bits per heavy atom. The van der Waals surface area contributed by atoms with Crippen molar-refractivity contribution in [3.63, 3.8) is 0 Å². The van der Waals surface area contributed by atoms with Gasteiger partial charge in [-0.15, -0.1) is 0 Å². The molecule has 0 aliphatic heterocycles. The van der Waals surface area contributed by atoms with Crippen molar-refractivity contribution in [2.24, 2.45) is 0 Å². The molecule has 0 aliphatic rings. The highest BCUT2D eigenvalue weighted by molar-refractivity contribution is 7.92. The second-order valence-electron chi connectivity index (χ2n) is 8.30. The van der Waals surface area contributed by atoms with Crippen molar-refractivity contribution in [1.82, 2.24) is 10.2 Å². The average molecular weight is 582 g/mol. The van der Waals surface area contributed by atoms with Gasteiger partial charge in [-0.25, -0.2) is 8.42 Å². The molecule has 7 nitrogen and oxygen atoms in total. The topological polar surface area (TPSA) is 86.8 Å². The Hall–Kier alpha value is -2.50. The molecule has 204 valence electrons. The largest absolute Gasteiger partial charge is 0.416 e. The van der Waals surface area contributed by atoms with E-state index in [-0.39, 0.29) is 42.5 Å². The van der Waals surface area contributed by atoms with Crippen LogP contribution >= 0.6 is 23.2 Å². The lowest BCUT2D eigenvalue weighted by Gasteiger charge is -2.31. The van der Waals surface area contributed by atoms with Crippen LogP contribution < -0.4 is 9.62 Å². The van der Waals surface area contributed by atoms with Gasteiger partial charge in [-0.1, -0.05) is 42.3 Å². The SMILES string of the molecule is CC[C@@H](C(=O)NC)N(Cc1ccc(Cl)c(Cl)c1)C(=O)CCCN(c1cccc(C(F)(F)F)c1)S(C)(=O)=O. The van der Waals surface area contributed by atoms with Crippen LogP contribution in [0.4, 0.5) is 18.9 Å². The van der Waals surface area contributed by atoms with E-state index in [1.807, 2.05) is 0 Å². The van der Waals surface area contributed by atoms with E-state index in [2.05, 4.69) is 5.32 Å². The maximum absolute atomic E-state index is 13.2. The smallest absolute Gasteiger partial charge is 0.357 e. The molecule has 2 rings (SSSR count). The van der Waals surface area contributed by atoms with E-state index in [0.29, 0.717) is 17.0 Å². The molecular formula is C24H28Cl2F3N3O4S. The minimum atomic E-state index is -4.64. The first-order chi connectivity index (χ1) is 17.2. The van der Waals surface area contributed by atoms with Gasteiger partial charge in [0.2, 0.25) is 21.8 Å². The minimum Gasteiger partial charge on any atom is -0.357 e. The first-order valence-corrected chi connectivity index (χ1v) is 13.9. The molecule has 37 heavy (non-hydrogen) atoms. The predicted octanol–water partition coefficient (Wildman–Crippen LogP) is 5.11. The highest BCUT2D eigenvalue weighted by atomic mass is 35.5. The van der Waals surface area contributed by atoms with Crippen molar-refractivity contribution < 1.29 is 31.2 Å². The zero-order valence-corrected chi connectivity index (χ0v) is 22.8. The molecule has 2 amide bonds. The number of nitrogens with one attached hydrogen (secondary N) is 1.